The van der Waals surface area contributed by atoms with Gasteiger partial charge in [-0.2, -0.15) is 0 Å². The lowest BCUT2D eigenvalue weighted by Gasteiger charge is -2.36. The fourth-order valence-electron chi connectivity index (χ4n) is 3.80. The van der Waals surface area contributed by atoms with Gasteiger partial charge in [0.15, 0.2) is 6.61 Å². The monoisotopic (exact) mass is 463 g/mol. The van der Waals surface area contributed by atoms with Gasteiger partial charge in [-0.05, 0) is 24.3 Å². The van der Waals surface area contributed by atoms with E-state index in [0.29, 0.717) is 38.4 Å². The Bertz CT molecular complexity index is 1130. The third kappa shape index (κ3) is 5.80. The standard InChI is InChI=1S/C25H25N3O6/c29-24(27-16-14-26(15-17-27)20-6-8-21(9-7-20)28(31)32)18-33-25(30)13-11-22-10-12-23(34-22)19-4-2-1-3-5-19/h1-10,12H,11,13-18H2. The second kappa shape index (κ2) is 10.7. The maximum absolute atomic E-state index is 12.4. The predicted octanol–water partition coefficient (Wildman–Crippen LogP) is 3.68. The lowest BCUT2D eigenvalue weighted by molar-refractivity contribution is -0.384. The van der Waals surface area contributed by atoms with Crippen molar-refractivity contribution in [3.8, 4) is 11.3 Å². The number of amides is 1. The van der Waals surface area contributed by atoms with E-state index in [1.807, 2.05) is 42.5 Å². The van der Waals surface area contributed by atoms with E-state index in [-0.39, 0.29) is 24.6 Å². The first kappa shape index (κ1) is 23.0. The number of benzene rings is 2. The van der Waals surface area contributed by atoms with Crippen LogP contribution in [0.4, 0.5) is 11.4 Å². The van der Waals surface area contributed by atoms with Crippen molar-refractivity contribution in [2.75, 3.05) is 37.7 Å². The van der Waals surface area contributed by atoms with Crippen LogP contribution in [0.3, 0.4) is 0 Å². The van der Waals surface area contributed by atoms with E-state index in [2.05, 4.69) is 4.90 Å². The van der Waals surface area contributed by atoms with E-state index < -0.39 is 10.9 Å². The SMILES string of the molecule is O=C(CCc1ccc(-c2ccccc2)o1)OCC(=O)N1CCN(c2ccc([N+](=O)[O-])cc2)CC1. The number of aryl methyl sites for hydroxylation is 1. The van der Waals surface area contributed by atoms with Gasteiger partial charge in [-0.1, -0.05) is 30.3 Å². The number of nitro groups is 1. The summed E-state index contributed by atoms with van der Waals surface area (Å²) in [5.74, 6) is 0.744. The minimum Gasteiger partial charge on any atom is -0.461 e. The molecule has 0 radical (unpaired) electrons. The first-order chi connectivity index (χ1) is 16.5. The summed E-state index contributed by atoms with van der Waals surface area (Å²) in [6, 6.07) is 19.8. The van der Waals surface area contributed by atoms with Crippen LogP contribution in [0.15, 0.2) is 71.1 Å². The van der Waals surface area contributed by atoms with Gasteiger partial charge in [-0.25, -0.2) is 0 Å². The quantitative estimate of drug-likeness (QED) is 0.285. The number of carbonyl (C=O) groups is 2. The third-order valence-corrected chi connectivity index (χ3v) is 5.71. The highest BCUT2D eigenvalue weighted by Crippen LogP contribution is 2.23. The number of non-ortho nitro benzene ring substituents is 1. The Morgan fingerprint density at radius 1 is 0.941 bits per heavy atom. The number of esters is 1. The first-order valence-corrected chi connectivity index (χ1v) is 11.1. The van der Waals surface area contributed by atoms with Crippen molar-refractivity contribution in [2.24, 2.45) is 0 Å². The highest BCUT2D eigenvalue weighted by atomic mass is 16.6. The maximum Gasteiger partial charge on any atom is 0.306 e. The Kier molecular flexibility index (Phi) is 7.22. The summed E-state index contributed by atoms with van der Waals surface area (Å²) >= 11 is 0. The van der Waals surface area contributed by atoms with Crippen molar-refractivity contribution in [2.45, 2.75) is 12.8 Å². The van der Waals surface area contributed by atoms with Gasteiger partial charge in [-0.3, -0.25) is 19.7 Å². The fourth-order valence-corrected chi connectivity index (χ4v) is 3.80. The largest absolute Gasteiger partial charge is 0.461 e. The van der Waals surface area contributed by atoms with Crippen molar-refractivity contribution < 1.29 is 23.7 Å². The molecule has 4 rings (SSSR count). The number of ether oxygens (including phenoxy) is 1. The molecule has 2 heterocycles. The summed E-state index contributed by atoms with van der Waals surface area (Å²) in [5, 5.41) is 10.8. The van der Waals surface area contributed by atoms with E-state index in [4.69, 9.17) is 9.15 Å². The zero-order valence-corrected chi connectivity index (χ0v) is 18.6. The third-order valence-electron chi connectivity index (χ3n) is 5.71. The number of nitrogens with zero attached hydrogens (tertiary/aromatic N) is 3. The number of piperazine rings is 1. The van der Waals surface area contributed by atoms with Gasteiger partial charge in [0.1, 0.15) is 11.5 Å². The van der Waals surface area contributed by atoms with Gasteiger partial charge in [-0.15, -0.1) is 0 Å². The van der Waals surface area contributed by atoms with Gasteiger partial charge >= 0.3 is 5.97 Å². The molecule has 1 amide bonds. The Hall–Kier alpha value is -4.14. The second-order valence-corrected chi connectivity index (χ2v) is 7.93. The number of furan rings is 1. The van der Waals surface area contributed by atoms with E-state index in [1.165, 1.54) is 12.1 Å². The van der Waals surface area contributed by atoms with Crippen LogP contribution in [0.25, 0.3) is 11.3 Å². The smallest absolute Gasteiger partial charge is 0.306 e. The average molecular weight is 463 g/mol. The van der Waals surface area contributed by atoms with Gasteiger partial charge in [0.05, 0.1) is 11.3 Å². The molecule has 1 fully saturated rings. The number of hydrogen-bond acceptors (Lipinski definition) is 7. The molecule has 0 N–H and O–H groups in total. The van der Waals surface area contributed by atoms with Crippen molar-refractivity contribution in [1.29, 1.82) is 0 Å². The summed E-state index contributed by atoms with van der Waals surface area (Å²) in [4.78, 5) is 38.6. The zero-order chi connectivity index (χ0) is 23.9. The number of anilines is 1. The van der Waals surface area contributed by atoms with Crippen molar-refractivity contribution in [3.05, 3.63) is 82.6 Å². The minimum atomic E-state index is -0.449. The lowest BCUT2D eigenvalue weighted by Crippen LogP contribution is -2.49. The molecule has 0 spiro atoms. The molecule has 34 heavy (non-hydrogen) atoms. The highest BCUT2D eigenvalue weighted by Gasteiger charge is 2.22. The van der Waals surface area contributed by atoms with E-state index in [0.717, 1.165) is 17.0 Å². The van der Waals surface area contributed by atoms with Crippen LogP contribution in [0.2, 0.25) is 0 Å². The number of carbonyl (C=O) groups excluding carboxylic acids is 2. The van der Waals surface area contributed by atoms with Crippen LogP contribution < -0.4 is 4.90 Å². The van der Waals surface area contributed by atoms with Gasteiger partial charge < -0.3 is 19.0 Å². The van der Waals surface area contributed by atoms with Gasteiger partial charge in [0.25, 0.3) is 11.6 Å². The Balaban J connectivity index is 1.17. The zero-order valence-electron chi connectivity index (χ0n) is 18.6. The molecule has 3 aromatic rings. The van der Waals surface area contributed by atoms with Crippen LogP contribution in [-0.2, 0) is 20.7 Å². The van der Waals surface area contributed by atoms with E-state index in [1.54, 1.807) is 17.0 Å². The van der Waals surface area contributed by atoms with Crippen LogP contribution in [0.5, 0.6) is 0 Å². The van der Waals surface area contributed by atoms with E-state index >= 15 is 0 Å². The molecule has 2 aromatic carbocycles. The molecule has 1 aromatic heterocycles. The molecule has 1 saturated heterocycles. The van der Waals surface area contributed by atoms with Crippen LogP contribution >= 0.6 is 0 Å². The lowest BCUT2D eigenvalue weighted by atomic mass is 10.2. The number of nitro benzene ring substituents is 1. The molecular formula is C25H25N3O6. The molecule has 0 aliphatic carbocycles. The molecule has 1 aliphatic heterocycles. The molecule has 9 nitrogen and oxygen atoms in total. The number of rotatable bonds is 8. The van der Waals surface area contributed by atoms with Crippen molar-refractivity contribution in [3.63, 3.8) is 0 Å². The van der Waals surface area contributed by atoms with E-state index in [9.17, 15) is 19.7 Å². The fraction of sp³-hybridized carbons (Fsp3) is 0.280. The summed E-state index contributed by atoms with van der Waals surface area (Å²) < 4.78 is 11.0. The Labute approximate surface area is 196 Å². The average Bonchev–Trinajstić information content (AvgIpc) is 3.36. The molecule has 0 saturated carbocycles. The normalized spacial score (nSPS) is 13.5. The second-order valence-electron chi connectivity index (χ2n) is 7.93. The maximum atomic E-state index is 12.4. The van der Waals surface area contributed by atoms with Gasteiger partial charge in [0.2, 0.25) is 0 Å². The molecular weight excluding hydrogens is 438 g/mol. The van der Waals surface area contributed by atoms with Crippen LogP contribution in [0, 0.1) is 10.1 Å². The summed E-state index contributed by atoms with van der Waals surface area (Å²) in [6.07, 6.45) is 0.525. The Morgan fingerprint density at radius 3 is 2.32 bits per heavy atom. The van der Waals surface area contributed by atoms with Crippen LogP contribution in [0.1, 0.15) is 12.2 Å². The van der Waals surface area contributed by atoms with Crippen LogP contribution in [-0.4, -0.2) is 54.5 Å². The predicted molar refractivity (Wildman–Crippen MR) is 125 cm³/mol. The molecule has 0 unspecified atom stereocenters. The molecule has 1 aliphatic rings. The first-order valence-electron chi connectivity index (χ1n) is 11.1. The summed E-state index contributed by atoms with van der Waals surface area (Å²) in [6.45, 7) is 1.88. The molecule has 176 valence electrons. The van der Waals surface area contributed by atoms with Crippen molar-refractivity contribution in [1.82, 2.24) is 4.90 Å². The summed E-state index contributed by atoms with van der Waals surface area (Å²) in [7, 11) is 0. The van der Waals surface area contributed by atoms with Gasteiger partial charge in [0, 0.05) is 56.0 Å². The van der Waals surface area contributed by atoms with Crippen molar-refractivity contribution >= 4 is 23.3 Å². The highest BCUT2D eigenvalue weighted by molar-refractivity contribution is 5.81. The molecule has 9 heteroatoms. The molecule has 0 atom stereocenters. The minimum absolute atomic E-state index is 0.0445. The number of hydrogen-bond donors (Lipinski definition) is 0. The Morgan fingerprint density at radius 2 is 1.65 bits per heavy atom. The topological polar surface area (TPSA) is 106 Å². The summed E-state index contributed by atoms with van der Waals surface area (Å²) in [5.41, 5.74) is 1.89. The molecule has 0 bridgehead atoms.